The zero-order valence-electron chi connectivity index (χ0n) is 17.9. The first-order chi connectivity index (χ1) is 15.5. The lowest BCUT2D eigenvalue weighted by atomic mass is 10.0. The van der Waals surface area contributed by atoms with Gasteiger partial charge in [0.05, 0.1) is 23.1 Å². The number of nitrogens with zero attached hydrogens (tertiary/aromatic N) is 2. The molecule has 1 saturated heterocycles. The molecule has 0 bridgehead atoms. The Bertz CT molecular complexity index is 1180. The van der Waals surface area contributed by atoms with E-state index in [2.05, 4.69) is 4.90 Å². The fourth-order valence-corrected chi connectivity index (χ4v) is 6.22. The number of anilines is 1. The number of fused-ring (bicyclic) bond motifs is 1. The highest BCUT2D eigenvalue weighted by molar-refractivity contribution is 7.92. The van der Waals surface area contributed by atoms with Gasteiger partial charge in [-0.05, 0) is 55.7 Å². The normalized spacial score (nSPS) is 16.9. The van der Waals surface area contributed by atoms with E-state index >= 15 is 0 Å². The highest BCUT2D eigenvalue weighted by Gasteiger charge is 2.35. The molecule has 0 radical (unpaired) electrons. The quantitative estimate of drug-likeness (QED) is 0.557. The van der Waals surface area contributed by atoms with E-state index in [0.29, 0.717) is 22.1 Å². The summed E-state index contributed by atoms with van der Waals surface area (Å²) in [6.45, 7) is 4.46. The molecule has 1 fully saturated rings. The van der Waals surface area contributed by atoms with E-state index in [-0.39, 0.29) is 12.8 Å². The first-order valence-electron chi connectivity index (χ1n) is 10.7. The largest absolute Gasteiger partial charge is 0.472 e. The number of hydrogen-bond acceptors (Lipinski definition) is 6. The fourth-order valence-electron chi connectivity index (χ4n) is 4.41. The van der Waals surface area contributed by atoms with E-state index in [1.165, 1.54) is 0 Å². The minimum Gasteiger partial charge on any atom is -0.472 e. The molecule has 32 heavy (non-hydrogen) atoms. The van der Waals surface area contributed by atoms with Crippen LogP contribution in [0.3, 0.4) is 0 Å². The van der Waals surface area contributed by atoms with Crippen LogP contribution in [0.2, 0.25) is 0 Å². The van der Waals surface area contributed by atoms with Crippen molar-refractivity contribution in [2.24, 2.45) is 0 Å². The summed E-state index contributed by atoms with van der Waals surface area (Å²) in [7, 11) is -3.76. The molecule has 0 atom stereocenters. The molecule has 3 aromatic rings. The van der Waals surface area contributed by atoms with E-state index in [4.69, 9.17) is 13.9 Å². The number of benzene rings is 2. The predicted molar refractivity (Wildman–Crippen MR) is 120 cm³/mol. The number of rotatable bonds is 6. The highest BCUT2D eigenvalue weighted by atomic mass is 32.2. The number of piperidine rings is 1. The second kappa shape index (κ2) is 8.52. The lowest BCUT2D eigenvalue weighted by Gasteiger charge is -2.39. The minimum atomic E-state index is -3.76. The maximum atomic E-state index is 13.9. The topological polar surface area (TPSA) is 72.2 Å². The second-order valence-corrected chi connectivity index (χ2v) is 10.1. The zero-order valence-corrected chi connectivity index (χ0v) is 18.8. The molecule has 0 spiro atoms. The van der Waals surface area contributed by atoms with Gasteiger partial charge in [-0.2, -0.15) is 0 Å². The van der Waals surface area contributed by atoms with Crippen LogP contribution in [-0.4, -0.2) is 39.2 Å². The standard InChI is InChI=1S/C24H26N2O5S/c1-18-3-2-4-22(13-18)32(27,28)26(21-5-6-23-24(14-21)31-17-30-23)20-7-10-25(11-8-20)15-19-9-12-29-16-19/h2-6,9,12-14,16,20H,7-8,10-11,15,17H2,1H3. The van der Waals surface area contributed by atoms with E-state index in [1.807, 2.05) is 19.1 Å². The van der Waals surface area contributed by atoms with Crippen LogP contribution in [0.4, 0.5) is 5.69 Å². The molecule has 5 rings (SSSR count). The molecular formula is C24H26N2O5S. The van der Waals surface area contributed by atoms with Gasteiger partial charge in [0, 0.05) is 37.3 Å². The van der Waals surface area contributed by atoms with Gasteiger partial charge in [0.1, 0.15) is 0 Å². The summed E-state index contributed by atoms with van der Waals surface area (Å²) in [6, 6.07) is 14.2. The van der Waals surface area contributed by atoms with Crippen molar-refractivity contribution >= 4 is 15.7 Å². The van der Waals surface area contributed by atoms with Gasteiger partial charge >= 0.3 is 0 Å². The third-order valence-corrected chi connectivity index (χ3v) is 7.91. The first kappa shape index (κ1) is 20.9. The van der Waals surface area contributed by atoms with Crippen LogP contribution >= 0.6 is 0 Å². The minimum absolute atomic E-state index is 0.149. The Balaban J connectivity index is 1.45. The molecule has 2 aromatic carbocycles. The molecule has 8 heteroatoms. The van der Waals surface area contributed by atoms with Crippen LogP contribution in [0.5, 0.6) is 11.5 Å². The van der Waals surface area contributed by atoms with E-state index in [9.17, 15) is 8.42 Å². The smallest absolute Gasteiger partial charge is 0.264 e. The molecule has 0 N–H and O–H groups in total. The van der Waals surface area contributed by atoms with Crippen LogP contribution in [0.15, 0.2) is 70.4 Å². The Kier molecular flexibility index (Phi) is 5.57. The van der Waals surface area contributed by atoms with Crippen molar-refractivity contribution in [2.75, 3.05) is 24.2 Å². The summed E-state index contributed by atoms with van der Waals surface area (Å²) in [4.78, 5) is 2.63. The number of aryl methyl sites for hydroxylation is 1. The van der Waals surface area contributed by atoms with Crippen LogP contribution in [0, 0.1) is 6.92 Å². The van der Waals surface area contributed by atoms with Crippen molar-refractivity contribution in [1.29, 1.82) is 0 Å². The third-order valence-electron chi connectivity index (χ3n) is 6.03. The van der Waals surface area contributed by atoms with Gasteiger partial charge < -0.3 is 13.9 Å². The Morgan fingerprint density at radius 3 is 2.59 bits per heavy atom. The monoisotopic (exact) mass is 454 g/mol. The van der Waals surface area contributed by atoms with Gasteiger partial charge in [-0.1, -0.05) is 12.1 Å². The summed E-state index contributed by atoms with van der Waals surface area (Å²) in [6.07, 6.45) is 4.90. The number of furan rings is 1. The van der Waals surface area contributed by atoms with Gasteiger partial charge in [-0.15, -0.1) is 0 Å². The number of hydrogen-bond donors (Lipinski definition) is 0. The molecule has 0 aliphatic carbocycles. The van der Waals surface area contributed by atoms with Crippen molar-refractivity contribution in [2.45, 2.75) is 37.2 Å². The molecule has 2 aliphatic heterocycles. The summed E-state index contributed by atoms with van der Waals surface area (Å²) in [5.41, 5.74) is 2.64. The van der Waals surface area contributed by atoms with Crippen molar-refractivity contribution < 1.29 is 22.3 Å². The van der Waals surface area contributed by atoms with Crippen molar-refractivity contribution in [3.63, 3.8) is 0 Å². The molecule has 168 valence electrons. The Hall–Kier alpha value is -2.97. The van der Waals surface area contributed by atoms with Crippen LogP contribution in [0.1, 0.15) is 24.0 Å². The molecule has 2 aliphatic rings. The first-order valence-corrected chi connectivity index (χ1v) is 12.2. The Morgan fingerprint density at radius 2 is 1.84 bits per heavy atom. The summed E-state index contributed by atoms with van der Waals surface area (Å²) in [5.74, 6) is 1.21. The molecule has 0 saturated carbocycles. The van der Waals surface area contributed by atoms with Crippen molar-refractivity contribution in [3.8, 4) is 11.5 Å². The average molecular weight is 455 g/mol. The Morgan fingerprint density at radius 1 is 1.03 bits per heavy atom. The summed E-state index contributed by atoms with van der Waals surface area (Å²) < 4.78 is 45.4. The van der Waals surface area contributed by atoms with E-state index in [1.54, 1.807) is 53.2 Å². The van der Waals surface area contributed by atoms with Gasteiger partial charge in [0.25, 0.3) is 10.0 Å². The van der Waals surface area contributed by atoms with Gasteiger partial charge in [0.2, 0.25) is 6.79 Å². The molecule has 7 nitrogen and oxygen atoms in total. The second-order valence-electron chi connectivity index (χ2n) is 8.29. The van der Waals surface area contributed by atoms with Crippen LogP contribution in [-0.2, 0) is 16.6 Å². The molecule has 3 heterocycles. The van der Waals surface area contributed by atoms with E-state index < -0.39 is 10.0 Å². The predicted octanol–water partition coefficient (Wildman–Crippen LogP) is 4.18. The number of sulfonamides is 1. The third kappa shape index (κ3) is 4.08. The summed E-state index contributed by atoms with van der Waals surface area (Å²) in [5, 5.41) is 0. The lowest BCUT2D eigenvalue weighted by molar-refractivity contribution is 0.174. The zero-order chi connectivity index (χ0) is 22.1. The Labute approximate surface area is 188 Å². The number of likely N-dealkylation sites (tertiary alicyclic amines) is 1. The molecule has 0 amide bonds. The molecule has 0 unspecified atom stereocenters. The van der Waals surface area contributed by atoms with Crippen LogP contribution < -0.4 is 13.8 Å². The SMILES string of the molecule is Cc1cccc(S(=O)(=O)N(c2ccc3c(c2)OCO3)C2CCN(Cc3ccoc3)CC2)c1. The number of ether oxygens (including phenoxy) is 2. The van der Waals surface area contributed by atoms with Gasteiger partial charge in [-0.3, -0.25) is 9.21 Å². The van der Waals surface area contributed by atoms with Gasteiger partial charge in [0.15, 0.2) is 11.5 Å². The van der Waals surface area contributed by atoms with Crippen molar-refractivity contribution in [1.82, 2.24) is 4.90 Å². The summed E-state index contributed by atoms with van der Waals surface area (Å²) >= 11 is 0. The average Bonchev–Trinajstić information content (AvgIpc) is 3.46. The van der Waals surface area contributed by atoms with Crippen LogP contribution in [0.25, 0.3) is 0 Å². The lowest BCUT2D eigenvalue weighted by Crippen LogP contribution is -2.47. The maximum absolute atomic E-state index is 13.9. The highest BCUT2D eigenvalue weighted by Crippen LogP contribution is 2.39. The van der Waals surface area contributed by atoms with Gasteiger partial charge in [-0.25, -0.2) is 8.42 Å². The van der Waals surface area contributed by atoms with E-state index in [0.717, 1.165) is 43.6 Å². The van der Waals surface area contributed by atoms with Crippen molar-refractivity contribution in [3.05, 3.63) is 72.2 Å². The fraction of sp³-hybridized carbons (Fsp3) is 0.333. The molecular weight excluding hydrogens is 428 g/mol. The maximum Gasteiger partial charge on any atom is 0.264 e. The molecule has 1 aromatic heterocycles.